The van der Waals surface area contributed by atoms with Gasteiger partial charge in [-0.05, 0) is 18.6 Å². The maximum Gasteiger partial charge on any atom is 0.237 e. The fraction of sp³-hybridized carbons (Fsp3) is 0.462. The number of hydrogen-bond donors (Lipinski definition) is 3. The van der Waals surface area contributed by atoms with Gasteiger partial charge in [0.05, 0.1) is 19.3 Å². The molecule has 1 heterocycles. The SMILES string of the molecule is COc1cc(Cl)ccc1CNC(=O)C1CC(O)CN1.Cl. The van der Waals surface area contributed by atoms with Crippen molar-refractivity contribution in [3.05, 3.63) is 28.8 Å². The van der Waals surface area contributed by atoms with Gasteiger partial charge < -0.3 is 20.5 Å². The summed E-state index contributed by atoms with van der Waals surface area (Å²) in [5.74, 6) is 0.528. The number of methoxy groups -OCH3 is 1. The molecule has 1 aromatic carbocycles. The molecule has 0 bridgehead atoms. The Morgan fingerprint density at radius 1 is 1.60 bits per heavy atom. The summed E-state index contributed by atoms with van der Waals surface area (Å²) in [6.07, 6.45) is 0.00432. The summed E-state index contributed by atoms with van der Waals surface area (Å²) in [5, 5.41) is 15.7. The minimum absolute atomic E-state index is 0. The molecule has 2 unspecified atom stereocenters. The van der Waals surface area contributed by atoms with Gasteiger partial charge in [0, 0.05) is 23.7 Å². The van der Waals surface area contributed by atoms with Crippen LogP contribution in [0.3, 0.4) is 0 Å². The molecule has 3 N–H and O–H groups in total. The molecule has 2 atom stereocenters. The number of carbonyl (C=O) groups is 1. The van der Waals surface area contributed by atoms with Crippen LogP contribution in [0.5, 0.6) is 5.75 Å². The number of benzene rings is 1. The van der Waals surface area contributed by atoms with E-state index in [1.807, 2.05) is 6.07 Å². The number of halogens is 2. The molecule has 0 aliphatic carbocycles. The van der Waals surface area contributed by atoms with E-state index in [0.717, 1.165) is 5.56 Å². The van der Waals surface area contributed by atoms with Crippen molar-refractivity contribution < 1.29 is 14.6 Å². The van der Waals surface area contributed by atoms with Crippen LogP contribution < -0.4 is 15.4 Å². The van der Waals surface area contributed by atoms with E-state index < -0.39 is 6.10 Å². The van der Waals surface area contributed by atoms with Gasteiger partial charge in [0.15, 0.2) is 0 Å². The van der Waals surface area contributed by atoms with Crippen LogP contribution in [-0.2, 0) is 11.3 Å². The van der Waals surface area contributed by atoms with E-state index in [1.54, 1.807) is 19.2 Å². The van der Waals surface area contributed by atoms with Gasteiger partial charge >= 0.3 is 0 Å². The highest BCUT2D eigenvalue weighted by Gasteiger charge is 2.27. The van der Waals surface area contributed by atoms with Gasteiger partial charge in [0.25, 0.3) is 0 Å². The molecule has 0 radical (unpaired) electrons. The number of aliphatic hydroxyl groups is 1. The van der Waals surface area contributed by atoms with Gasteiger partial charge in [-0.3, -0.25) is 4.79 Å². The largest absolute Gasteiger partial charge is 0.496 e. The molecule has 5 nitrogen and oxygen atoms in total. The highest BCUT2D eigenvalue weighted by molar-refractivity contribution is 6.30. The third kappa shape index (κ3) is 4.24. The number of β-amino-alcohol motifs (C(OH)–C–C–N with tert-alkyl or cyclic N) is 1. The minimum Gasteiger partial charge on any atom is -0.496 e. The van der Waals surface area contributed by atoms with Crippen LogP contribution in [0.1, 0.15) is 12.0 Å². The van der Waals surface area contributed by atoms with Gasteiger partial charge in [-0.25, -0.2) is 0 Å². The van der Waals surface area contributed by atoms with E-state index in [-0.39, 0.29) is 24.4 Å². The Bertz CT molecular complexity index is 471. The summed E-state index contributed by atoms with van der Waals surface area (Å²) in [4.78, 5) is 11.9. The Morgan fingerprint density at radius 3 is 2.95 bits per heavy atom. The Hall–Kier alpha value is -1.01. The topological polar surface area (TPSA) is 70.6 Å². The molecule has 1 saturated heterocycles. The van der Waals surface area contributed by atoms with E-state index in [9.17, 15) is 9.90 Å². The molecule has 1 amide bonds. The summed E-state index contributed by atoms with van der Waals surface area (Å²) in [6, 6.07) is 4.95. The first-order chi connectivity index (χ1) is 9.10. The molecule has 2 rings (SSSR count). The Morgan fingerprint density at radius 2 is 2.35 bits per heavy atom. The highest BCUT2D eigenvalue weighted by Crippen LogP contribution is 2.22. The fourth-order valence-electron chi connectivity index (χ4n) is 2.09. The second-order valence-electron chi connectivity index (χ2n) is 4.52. The first-order valence-corrected chi connectivity index (χ1v) is 6.49. The van der Waals surface area contributed by atoms with Crippen molar-refractivity contribution in [2.24, 2.45) is 0 Å². The zero-order chi connectivity index (χ0) is 13.8. The monoisotopic (exact) mass is 320 g/mol. The van der Waals surface area contributed by atoms with Crippen LogP contribution in [0.2, 0.25) is 5.02 Å². The molecule has 7 heteroatoms. The van der Waals surface area contributed by atoms with Crippen LogP contribution in [0, 0.1) is 0 Å². The standard InChI is InChI=1S/C13H17ClN2O3.ClH/c1-19-12-4-9(14)3-2-8(12)6-16-13(18)11-5-10(17)7-15-11;/h2-4,10-11,15,17H,5-7H2,1H3,(H,16,18);1H. The maximum atomic E-state index is 11.9. The van der Waals surface area contributed by atoms with Crippen LogP contribution in [-0.4, -0.2) is 36.8 Å². The predicted octanol–water partition coefficient (Wildman–Crippen LogP) is 1.11. The summed E-state index contributed by atoms with van der Waals surface area (Å²) in [5.41, 5.74) is 0.860. The van der Waals surface area contributed by atoms with Gasteiger partial charge in [0.2, 0.25) is 5.91 Å². The summed E-state index contributed by atoms with van der Waals surface area (Å²) < 4.78 is 5.21. The van der Waals surface area contributed by atoms with Gasteiger partial charge in [0.1, 0.15) is 5.75 Å². The van der Waals surface area contributed by atoms with Crippen molar-refractivity contribution in [1.29, 1.82) is 0 Å². The molecule has 112 valence electrons. The molecule has 1 fully saturated rings. The molecule has 1 aromatic rings. The highest BCUT2D eigenvalue weighted by atomic mass is 35.5. The van der Waals surface area contributed by atoms with E-state index in [1.165, 1.54) is 0 Å². The number of hydrogen-bond acceptors (Lipinski definition) is 4. The quantitative estimate of drug-likeness (QED) is 0.777. The van der Waals surface area contributed by atoms with Crippen molar-refractivity contribution in [2.45, 2.75) is 25.1 Å². The van der Waals surface area contributed by atoms with Gasteiger partial charge in [-0.2, -0.15) is 0 Å². The second-order valence-corrected chi connectivity index (χ2v) is 4.96. The lowest BCUT2D eigenvalue weighted by Crippen LogP contribution is -2.40. The van der Waals surface area contributed by atoms with Crippen LogP contribution >= 0.6 is 24.0 Å². The fourth-order valence-corrected chi connectivity index (χ4v) is 2.25. The maximum absolute atomic E-state index is 11.9. The first-order valence-electron chi connectivity index (χ1n) is 6.11. The van der Waals surface area contributed by atoms with Crippen molar-refractivity contribution in [3.8, 4) is 5.75 Å². The van der Waals surface area contributed by atoms with Crippen molar-refractivity contribution in [2.75, 3.05) is 13.7 Å². The third-order valence-corrected chi connectivity index (χ3v) is 3.36. The van der Waals surface area contributed by atoms with Gasteiger partial charge in [-0.1, -0.05) is 17.7 Å². The Labute approximate surface area is 129 Å². The lowest BCUT2D eigenvalue weighted by molar-refractivity contribution is -0.123. The molecule has 0 saturated carbocycles. The first kappa shape index (κ1) is 17.0. The minimum atomic E-state index is -0.444. The average Bonchev–Trinajstić information content (AvgIpc) is 2.83. The number of rotatable bonds is 4. The van der Waals surface area contributed by atoms with E-state index in [4.69, 9.17) is 16.3 Å². The molecule has 1 aliphatic rings. The number of nitrogens with one attached hydrogen (secondary N) is 2. The van der Waals surface area contributed by atoms with E-state index >= 15 is 0 Å². The molecule has 0 spiro atoms. The summed E-state index contributed by atoms with van der Waals surface area (Å²) in [7, 11) is 1.56. The van der Waals surface area contributed by atoms with E-state index in [0.29, 0.717) is 30.3 Å². The summed E-state index contributed by atoms with van der Waals surface area (Å²) in [6.45, 7) is 0.829. The Kier molecular flexibility index (Phi) is 6.55. The summed E-state index contributed by atoms with van der Waals surface area (Å²) >= 11 is 5.87. The molecule has 20 heavy (non-hydrogen) atoms. The number of aliphatic hydroxyl groups excluding tert-OH is 1. The van der Waals surface area contributed by atoms with Crippen molar-refractivity contribution >= 4 is 29.9 Å². The number of carbonyl (C=O) groups excluding carboxylic acids is 1. The lowest BCUT2D eigenvalue weighted by atomic mass is 10.1. The molecular weight excluding hydrogens is 303 g/mol. The van der Waals surface area contributed by atoms with Crippen LogP contribution in [0.4, 0.5) is 0 Å². The molecule has 0 aromatic heterocycles. The zero-order valence-electron chi connectivity index (χ0n) is 11.1. The number of amides is 1. The smallest absolute Gasteiger partial charge is 0.237 e. The van der Waals surface area contributed by atoms with Gasteiger partial charge in [-0.15, -0.1) is 12.4 Å². The Balaban J connectivity index is 0.00000200. The van der Waals surface area contributed by atoms with Crippen molar-refractivity contribution in [1.82, 2.24) is 10.6 Å². The number of ether oxygens (including phenoxy) is 1. The molecular formula is C13H18Cl2N2O3. The zero-order valence-corrected chi connectivity index (χ0v) is 12.6. The normalized spacial score (nSPS) is 21.1. The predicted molar refractivity (Wildman–Crippen MR) is 79.5 cm³/mol. The lowest BCUT2D eigenvalue weighted by Gasteiger charge is -2.13. The average molecular weight is 321 g/mol. The second kappa shape index (κ2) is 7.69. The van der Waals surface area contributed by atoms with E-state index in [2.05, 4.69) is 10.6 Å². The third-order valence-electron chi connectivity index (χ3n) is 3.13. The molecule has 1 aliphatic heterocycles. The van der Waals surface area contributed by atoms with Crippen molar-refractivity contribution in [3.63, 3.8) is 0 Å². The van der Waals surface area contributed by atoms with Crippen LogP contribution in [0.25, 0.3) is 0 Å². The van der Waals surface area contributed by atoms with Crippen LogP contribution in [0.15, 0.2) is 18.2 Å².